The van der Waals surface area contributed by atoms with Gasteiger partial charge < -0.3 is 4.90 Å². The molecule has 0 aromatic rings. The molecule has 1 atom stereocenters. The molecule has 1 aliphatic carbocycles. The van der Waals surface area contributed by atoms with Gasteiger partial charge in [0.05, 0.1) is 0 Å². The lowest BCUT2D eigenvalue weighted by atomic mass is 9.99. The fourth-order valence-electron chi connectivity index (χ4n) is 2.07. The van der Waals surface area contributed by atoms with Crippen molar-refractivity contribution >= 4 is 5.91 Å². The Bertz CT molecular complexity index is 252. The van der Waals surface area contributed by atoms with E-state index in [1.807, 2.05) is 4.90 Å². The largest absolute Gasteiger partial charge is 0.315 e. The van der Waals surface area contributed by atoms with Crippen LogP contribution in [0.4, 0.5) is 0 Å². The molecule has 1 saturated carbocycles. The Labute approximate surface area is 65.9 Å². The number of carbonyl (C=O) groups is 1. The quantitative estimate of drug-likeness (QED) is 0.514. The van der Waals surface area contributed by atoms with E-state index >= 15 is 0 Å². The lowest BCUT2D eigenvalue weighted by Crippen LogP contribution is -2.45. The summed E-state index contributed by atoms with van der Waals surface area (Å²) in [7, 11) is 0. The maximum Gasteiger partial charge on any atom is 0.228 e. The van der Waals surface area contributed by atoms with E-state index in [9.17, 15) is 4.79 Å². The summed E-state index contributed by atoms with van der Waals surface area (Å²) in [6.45, 7) is 0. The van der Waals surface area contributed by atoms with Gasteiger partial charge in [-0.15, -0.1) is 0 Å². The average molecular weight is 149 g/mol. The van der Waals surface area contributed by atoms with Gasteiger partial charge in [-0.25, -0.2) is 0 Å². The number of amides is 1. The normalized spacial score (nSPS) is 34.9. The molecule has 0 aromatic heterocycles. The van der Waals surface area contributed by atoms with Crippen molar-refractivity contribution < 1.29 is 4.79 Å². The molecule has 2 aliphatic heterocycles. The lowest BCUT2D eigenvalue weighted by Gasteiger charge is -2.32. The van der Waals surface area contributed by atoms with E-state index in [0.29, 0.717) is 11.9 Å². The number of carbonyl (C=O) groups excluding carboxylic acids is 1. The summed E-state index contributed by atoms with van der Waals surface area (Å²) in [6, 6.07) is 0.568. The molecule has 11 heavy (non-hydrogen) atoms. The maximum absolute atomic E-state index is 11.0. The Balaban J connectivity index is 1.83. The van der Waals surface area contributed by atoms with Crippen molar-refractivity contribution in [1.29, 1.82) is 0 Å². The highest BCUT2D eigenvalue weighted by molar-refractivity contribution is 5.85. The Kier molecular flexibility index (Phi) is 0.888. The predicted molar refractivity (Wildman–Crippen MR) is 40.7 cm³/mol. The molecule has 0 aromatic carbocycles. The molecule has 3 rings (SSSR count). The van der Waals surface area contributed by atoms with Gasteiger partial charge in [0.2, 0.25) is 5.91 Å². The van der Waals surface area contributed by atoms with Crippen molar-refractivity contribution in [2.24, 2.45) is 5.92 Å². The fourth-order valence-corrected chi connectivity index (χ4v) is 2.07. The molecule has 1 saturated heterocycles. The third-order valence-corrected chi connectivity index (χ3v) is 2.97. The molecule has 0 N–H and O–H groups in total. The van der Waals surface area contributed by atoms with Crippen LogP contribution in [0, 0.1) is 5.92 Å². The summed E-state index contributed by atoms with van der Waals surface area (Å²) in [6.07, 6.45) is 6.80. The zero-order valence-corrected chi connectivity index (χ0v) is 6.42. The third kappa shape index (κ3) is 0.697. The van der Waals surface area contributed by atoms with Gasteiger partial charge >= 0.3 is 0 Å². The first-order chi connectivity index (χ1) is 5.34. The van der Waals surface area contributed by atoms with Gasteiger partial charge in [-0.1, -0.05) is 0 Å². The van der Waals surface area contributed by atoms with Gasteiger partial charge in [0.1, 0.15) is 0 Å². The Morgan fingerprint density at radius 3 is 2.73 bits per heavy atom. The number of nitrogens with zero attached hydrogens (tertiary/aromatic N) is 1. The number of rotatable bonds is 1. The summed E-state index contributed by atoms with van der Waals surface area (Å²) < 4.78 is 0. The summed E-state index contributed by atoms with van der Waals surface area (Å²) >= 11 is 0. The van der Waals surface area contributed by atoms with Crippen LogP contribution in [0.1, 0.15) is 25.7 Å². The van der Waals surface area contributed by atoms with Crippen molar-refractivity contribution in [1.82, 2.24) is 4.90 Å². The topological polar surface area (TPSA) is 20.3 Å². The zero-order chi connectivity index (χ0) is 7.42. The van der Waals surface area contributed by atoms with E-state index in [2.05, 4.69) is 6.20 Å². The van der Waals surface area contributed by atoms with Gasteiger partial charge in [0.25, 0.3) is 0 Å². The molecular formula is C9H11NO. The molecule has 3 aliphatic rings. The van der Waals surface area contributed by atoms with Crippen molar-refractivity contribution in [3.05, 3.63) is 11.8 Å². The van der Waals surface area contributed by atoms with Crippen LogP contribution in [0.15, 0.2) is 11.8 Å². The van der Waals surface area contributed by atoms with Crippen LogP contribution in [0.5, 0.6) is 0 Å². The van der Waals surface area contributed by atoms with Gasteiger partial charge in [-0.2, -0.15) is 0 Å². The van der Waals surface area contributed by atoms with E-state index in [1.165, 1.54) is 19.3 Å². The van der Waals surface area contributed by atoms with E-state index < -0.39 is 0 Å². The zero-order valence-electron chi connectivity index (χ0n) is 6.42. The molecule has 1 amide bonds. The average Bonchev–Trinajstić information content (AvgIpc) is 2.74. The van der Waals surface area contributed by atoms with Crippen LogP contribution in [-0.2, 0) is 4.79 Å². The smallest absolute Gasteiger partial charge is 0.228 e. The SMILES string of the molecule is O=C1C[C@H]2CC(C3CC3)=CN12. The first kappa shape index (κ1) is 5.81. The van der Waals surface area contributed by atoms with Crippen LogP contribution >= 0.6 is 0 Å². The van der Waals surface area contributed by atoms with Crippen molar-refractivity contribution in [2.75, 3.05) is 0 Å². The van der Waals surface area contributed by atoms with Crippen LogP contribution in [-0.4, -0.2) is 16.8 Å². The highest BCUT2D eigenvalue weighted by Gasteiger charge is 2.42. The lowest BCUT2D eigenvalue weighted by molar-refractivity contribution is -0.140. The van der Waals surface area contributed by atoms with E-state index in [1.54, 1.807) is 5.57 Å². The number of hydrogen-bond acceptors (Lipinski definition) is 1. The first-order valence-electron chi connectivity index (χ1n) is 4.36. The standard InChI is InChI=1S/C9H11NO/c11-9-4-8-3-7(5-10(8)9)6-1-2-6/h5-6,8H,1-4H2/t8-/m1/s1. The van der Waals surface area contributed by atoms with E-state index in [4.69, 9.17) is 0 Å². The number of fused-ring (bicyclic) bond motifs is 1. The van der Waals surface area contributed by atoms with E-state index in [-0.39, 0.29) is 0 Å². The number of hydrogen-bond donors (Lipinski definition) is 0. The van der Waals surface area contributed by atoms with E-state index in [0.717, 1.165) is 12.3 Å². The highest BCUT2D eigenvalue weighted by Crippen LogP contribution is 2.45. The second-order valence-corrected chi connectivity index (χ2v) is 3.84. The minimum absolute atomic E-state index is 0.325. The van der Waals surface area contributed by atoms with Crippen LogP contribution in [0.2, 0.25) is 0 Å². The third-order valence-electron chi connectivity index (χ3n) is 2.97. The van der Waals surface area contributed by atoms with Crippen LogP contribution in [0.3, 0.4) is 0 Å². The summed E-state index contributed by atoms with van der Waals surface area (Å²) in [5.41, 5.74) is 1.54. The highest BCUT2D eigenvalue weighted by atomic mass is 16.2. The Hall–Kier alpha value is -0.790. The molecule has 0 radical (unpaired) electrons. The Morgan fingerprint density at radius 2 is 2.18 bits per heavy atom. The Morgan fingerprint density at radius 1 is 1.36 bits per heavy atom. The summed E-state index contributed by atoms with van der Waals surface area (Å²) in [4.78, 5) is 12.9. The minimum atomic E-state index is 0.325. The molecule has 0 unspecified atom stereocenters. The molecular weight excluding hydrogens is 138 g/mol. The molecule has 0 spiro atoms. The molecule has 0 bridgehead atoms. The molecule has 2 heterocycles. The van der Waals surface area contributed by atoms with Crippen molar-refractivity contribution in [2.45, 2.75) is 31.7 Å². The predicted octanol–water partition coefficient (Wildman–Crippen LogP) is 1.28. The monoisotopic (exact) mass is 149 g/mol. The maximum atomic E-state index is 11.0. The van der Waals surface area contributed by atoms with Gasteiger partial charge in [0.15, 0.2) is 0 Å². The molecule has 2 fully saturated rings. The van der Waals surface area contributed by atoms with Gasteiger partial charge in [-0.3, -0.25) is 4.79 Å². The van der Waals surface area contributed by atoms with Gasteiger partial charge in [0, 0.05) is 18.7 Å². The van der Waals surface area contributed by atoms with Gasteiger partial charge in [-0.05, 0) is 30.8 Å². The minimum Gasteiger partial charge on any atom is -0.315 e. The van der Waals surface area contributed by atoms with Crippen molar-refractivity contribution in [3.8, 4) is 0 Å². The van der Waals surface area contributed by atoms with Crippen LogP contribution in [0.25, 0.3) is 0 Å². The second kappa shape index (κ2) is 1.68. The molecule has 2 nitrogen and oxygen atoms in total. The summed E-state index contributed by atoms with van der Waals surface area (Å²) in [5.74, 6) is 1.18. The second-order valence-electron chi connectivity index (χ2n) is 3.84. The molecule has 2 heteroatoms. The first-order valence-corrected chi connectivity index (χ1v) is 4.36. The number of β-lactam (4-membered cyclic amide) rings is 1. The van der Waals surface area contributed by atoms with Crippen LogP contribution < -0.4 is 0 Å². The summed E-state index contributed by atoms with van der Waals surface area (Å²) in [5, 5.41) is 0. The molecule has 58 valence electrons. The fraction of sp³-hybridized carbons (Fsp3) is 0.667. The van der Waals surface area contributed by atoms with Crippen molar-refractivity contribution in [3.63, 3.8) is 0 Å².